The number of hydrogen-bond acceptors (Lipinski definition) is 0. The van der Waals surface area contributed by atoms with Gasteiger partial charge in [0.15, 0.2) is 0 Å². The third-order valence-electron chi connectivity index (χ3n) is 1.85. The standard InChI is InChI=1S/C11H19/c1-6-7-8-11(4,5)9-10(2)3/h1,10H,2,7-9H2,3-5H3. The zero-order valence-electron chi connectivity index (χ0n) is 7.98. The molecule has 0 bridgehead atoms. The zero-order valence-corrected chi connectivity index (χ0v) is 7.98. The number of terminal acetylenes is 1. The maximum atomic E-state index is 5.20. The first-order chi connectivity index (χ1) is 4.98. The van der Waals surface area contributed by atoms with Crippen LogP contribution in [0.2, 0.25) is 0 Å². The Balaban J connectivity index is 3.72. The van der Waals surface area contributed by atoms with E-state index in [2.05, 4.69) is 33.6 Å². The van der Waals surface area contributed by atoms with Gasteiger partial charge in [-0.15, -0.1) is 12.3 Å². The van der Waals surface area contributed by atoms with Crippen molar-refractivity contribution < 1.29 is 0 Å². The minimum Gasteiger partial charge on any atom is -0.120 e. The van der Waals surface area contributed by atoms with Crippen LogP contribution in [0.1, 0.15) is 40.0 Å². The van der Waals surface area contributed by atoms with Crippen LogP contribution >= 0.6 is 0 Å². The van der Waals surface area contributed by atoms with Gasteiger partial charge in [-0.1, -0.05) is 27.7 Å². The molecule has 0 aromatic heterocycles. The van der Waals surface area contributed by atoms with Crippen LogP contribution in [-0.4, -0.2) is 0 Å². The fourth-order valence-corrected chi connectivity index (χ4v) is 1.46. The van der Waals surface area contributed by atoms with Crippen LogP contribution in [0, 0.1) is 30.6 Å². The Morgan fingerprint density at radius 1 is 1.55 bits per heavy atom. The third kappa shape index (κ3) is 5.98. The van der Waals surface area contributed by atoms with Crippen LogP contribution < -0.4 is 0 Å². The van der Waals surface area contributed by atoms with Crippen LogP contribution in [-0.2, 0) is 0 Å². The van der Waals surface area contributed by atoms with E-state index in [1.807, 2.05) is 0 Å². The molecule has 0 fully saturated rings. The topological polar surface area (TPSA) is 0 Å². The van der Waals surface area contributed by atoms with Crippen molar-refractivity contribution in [3.05, 3.63) is 6.92 Å². The molecule has 0 rings (SSSR count). The Labute approximate surface area is 71.4 Å². The second-order valence-corrected chi connectivity index (χ2v) is 4.18. The van der Waals surface area contributed by atoms with Crippen molar-refractivity contribution >= 4 is 0 Å². The molecule has 0 nitrogen and oxygen atoms in total. The molecule has 0 aliphatic carbocycles. The lowest BCUT2D eigenvalue weighted by Gasteiger charge is -2.25. The molecule has 0 saturated heterocycles. The maximum absolute atomic E-state index is 5.20. The van der Waals surface area contributed by atoms with Gasteiger partial charge in [-0.3, -0.25) is 0 Å². The molecule has 0 spiro atoms. The molecule has 0 aliphatic rings. The van der Waals surface area contributed by atoms with Gasteiger partial charge in [0.1, 0.15) is 0 Å². The lowest BCUT2D eigenvalue weighted by Crippen LogP contribution is -2.13. The van der Waals surface area contributed by atoms with Crippen molar-refractivity contribution in [2.75, 3.05) is 0 Å². The molecule has 63 valence electrons. The van der Waals surface area contributed by atoms with Gasteiger partial charge in [-0.05, 0) is 24.2 Å². The Morgan fingerprint density at radius 3 is 2.45 bits per heavy atom. The largest absolute Gasteiger partial charge is 0.120 e. The van der Waals surface area contributed by atoms with E-state index < -0.39 is 0 Å². The quantitative estimate of drug-likeness (QED) is 0.541. The monoisotopic (exact) mass is 151 g/mol. The highest BCUT2D eigenvalue weighted by Gasteiger charge is 2.17. The summed E-state index contributed by atoms with van der Waals surface area (Å²) < 4.78 is 0. The summed E-state index contributed by atoms with van der Waals surface area (Å²) in [6.07, 6.45) is 8.37. The van der Waals surface area contributed by atoms with Crippen molar-refractivity contribution in [2.45, 2.75) is 40.0 Å². The van der Waals surface area contributed by atoms with Crippen molar-refractivity contribution in [1.29, 1.82) is 0 Å². The first-order valence-corrected chi connectivity index (χ1v) is 4.24. The van der Waals surface area contributed by atoms with E-state index in [1.165, 1.54) is 0 Å². The van der Waals surface area contributed by atoms with Gasteiger partial charge >= 0.3 is 0 Å². The molecular formula is C11H19. The Kier molecular flexibility index (Phi) is 4.26. The van der Waals surface area contributed by atoms with Gasteiger partial charge in [0, 0.05) is 6.42 Å². The average molecular weight is 151 g/mol. The summed E-state index contributed by atoms with van der Waals surface area (Å²) in [7, 11) is 0. The minimum absolute atomic E-state index is 0.369. The molecule has 0 aromatic carbocycles. The van der Waals surface area contributed by atoms with E-state index in [1.54, 1.807) is 0 Å². The summed E-state index contributed by atoms with van der Waals surface area (Å²) in [5.74, 6) is 3.21. The molecule has 0 N–H and O–H groups in total. The van der Waals surface area contributed by atoms with Crippen molar-refractivity contribution in [2.24, 2.45) is 11.3 Å². The highest BCUT2D eigenvalue weighted by Crippen LogP contribution is 2.29. The first kappa shape index (κ1) is 10.6. The maximum Gasteiger partial charge on any atom is 0.00911 e. The van der Waals surface area contributed by atoms with Gasteiger partial charge in [-0.25, -0.2) is 0 Å². The summed E-state index contributed by atoms with van der Waals surface area (Å²) in [5, 5.41) is 0. The van der Waals surface area contributed by atoms with Crippen molar-refractivity contribution in [1.82, 2.24) is 0 Å². The van der Waals surface area contributed by atoms with Gasteiger partial charge in [0.05, 0.1) is 0 Å². The molecule has 11 heavy (non-hydrogen) atoms. The SMILES string of the molecule is C#CCCC(C)(C)CC([CH2])C. The van der Waals surface area contributed by atoms with Gasteiger partial charge in [-0.2, -0.15) is 0 Å². The Bertz CT molecular complexity index is 135. The molecule has 0 aromatic rings. The van der Waals surface area contributed by atoms with Gasteiger partial charge in [0.25, 0.3) is 0 Å². The molecule has 0 heterocycles. The predicted molar refractivity (Wildman–Crippen MR) is 51.0 cm³/mol. The van der Waals surface area contributed by atoms with Crippen LogP contribution in [0.15, 0.2) is 0 Å². The molecule has 0 saturated carbocycles. The highest BCUT2D eigenvalue weighted by molar-refractivity contribution is 4.86. The second kappa shape index (κ2) is 4.44. The normalized spacial score (nSPS) is 11.6. The van der Waals surface area contributed by atoms with E-state index in [-0.39, 0.29) is 0 Å². The molecule has 1 radical (unpaired) electrons. The summed E-state index contributed by atoms with van der Waals surface area (Å²) in [4.78, 5) is 0. The second-order valence-electron chi connectivity index (χ2n) is 4.18. The molecule has 0 amide bonds. The summed E-state index contributed by atoms with van der Waals surface area (Å²) in [6.45, 7) is 10.6. The molecule has 1 atom stereocenters. The Hall–Kier alpha value is -0.440. The summed E-state index contributed by atoms with van der Waals surface area (Å²) in [6, 6.07) is 0. The summed E-state index contributed by atoms with van der Waals surface area (Å²) in [5.41, 5.74) is 0.369. The van der Waals surface area contributed by atoms with Crippen LogP contribution in [0.5, 0.6) is 0 Å². The molecule has 1 unspecified atom stereocenters. The molecule has 0 aliphatic heterocycles. The smallest absolute Gasteiger partial charge is 0.00911 e. The number of rotatable bonds is 4. The minimum atomic E-state index is 0.369. The van der Waals surface area contributed by atoms with E-state index in [4.69, 9.17) is 6.42 Å². The van der Waals surface area contributed by atoms with E-state index >= 15 is 0 Å². The van der Waals surface area contributed by atoms with Crippen LogP contribution in [0.3, 0.4) is 0 Å². The van der Waals surface area contributed by atoms with Gasteiger partial charge < -0.3 is 0 Å². The third-order valence-corrected chi connectivity index (χ3v) is 1.85. The molecule has 0 heteroatoms. The van der Waals surface area contributed by atoms with Crippen LogP contribution in [0.25, 0.3) is 0 Å². The fraction of sp³-hybridized carbons (Fsp3) is 0.727. The molecular weight excluding hydrogens is 132 g/mol. The highest BCUT2D eigenvalue weighted by atomic mass is 14.2. The van der Waals surface area contributed by atoms with Crippen LogP contribution in [0.4, 0.5) is 0 Å². The zero-order chi connectivity index (χ0) is 8.91. The van der Waals surface area contributed by atoms with E-state index in [0.29, 0.717) is 11.3 Å². The average Bonchev–Trinajstić information content (AvgIpc) is 1.81. The predicted octanol–water partition coefficient (Wildman–Crippen LogP) is 3.29. The van der Waals surface area contributed by atoms with Crippen molar-refractivity contribution in [3.8, 4) is 12.3 Å². The fourth-order valence-electron chi connectivity index (χ4n) is 1.46. The first-order valence-electron chi connectivity index (χ1n) is 4.24. The number of hydrogen-bond donors (Lipinski definition) is 0. The summed E-state index contributed by atoms with van der Waals surface area (Å²) >= 11 is 0. The Morgan fingerprint density at radius 2 is 2.09 bits per heavy atom. The lowest BCUT2D eigenvalue weighted by atomic mass is 9.80. The van der Waals surface area contributed by atoms with Crippen molar-refractivity contribution in [3.63, 3.8) is 0 Å². The van der Waals surface area contributed by atoms with Gasteiger partial charge in [0.2, 0.25) is 0 Å². The van der Waals surface area contributed by atoms with E-state index in [0.717, 1.165) is 19.3 Å². The van der Waals surface area contributed by atoms with E-state index in [9.17, 15) is 0 Å². The lowest BCUT2D eigenvalue weighted by molar-refractivity contribution is 0.280.